The second-order valence-electron chi connectivity index (χ2n) is 7.26. The lowest BCUT2D eigenvalue weighted by molar-refractivity contribution is 0.0601. The predicted octanol–water partition coefficient (Wildman–Crippen LogP) is 5.00. The quantitative estimate of drug-likeness (QED) is 0.442. The number of methoxy groups -OCH3 is 1. The zero-order valence-electron chi connectivity index (χ0n) is 17.0. The Kier molecular flexibility index (Phi) is 5.59. The lowest BCUT2D eigenvalue weighted by Gasteiger charge is -2.12. The highest BCUT2D eigenvalue weighted by Gasteiger charge is 2.18. The number of esters is 1. The Morgan fingerprint density at radius 2 is 1.93 bits per heavy atom. The van der Waals surface area contributed by atoms with Crippen LogP contribution in [0, 0.1) is 0 Å². The van der Waals surface area contributed by atoms with Gasteiger partial charge in [-0.05, 0) is 42.3 Å². The number of benzene rings is 2. The number of aromatic nitrogens is 3. The van der Waals surface area contributed by atoms with Crippen molar-refractivity contribution in [3.05, 3.63) is 64.4 Å². The van der Waals surface area contributed by atoms with E-state index in [2.05, 4.69) is 16.5 Å². The molecule has 2 N–H and O–H groups in total. The van der Waals surface area contributed by atoms with Gasteiger partial charge in [0.05, 0.1) is 23.7 Å². The fourth-order valence-corrected chi connectivity index (χ4v) is 3.80. The first-order chi connectivity index (χ1) is 14.5. The Labute approximate surface area is 179 Å². The summed E-state index contributed by atoms with van der Waals surface area (Å²) in [5.41, 5.74) is 10.1. The van der Waals surface area contributed by atoms with Crippen molar-refractivity contribution in [3.8, 4) is 0 Å². The SMILES string of the molecule is CCCCc1nc2c(N)nc3cc(C(=O)OC)ccc3c2n1Cc1ccc(Cl)cc1. The largest absolute Gasteiger partial charge is 0.465 e. The van der Waals surface area contributed by atoms with E-state index in [0.29, 0.717) is 34.0 Å². The Bertz CT molecular complexity index is 1230. The molecule has 0 aliphatic rings. The third-order valence-electron chi connectivity index (χ3n) is 5.21. The summed E-state index contributed by atoms with van der Waals surface area (Å²) in [7, 11) is 1.36. The summed E-state index contributed by atoms with van der Waals surface area (Å²) in [6, 6.07) is 13.1. The van der Waals surface area contributed by atoms with E-state index < -0.39 is 5.97 Å². The number of aryl methyl sites for hydroxylation is 1. The second kappa shape index (κ2) is 8.32. The van der Waals surface area contributed by atoms with Gasteiger partial charge in [-0.15, -0.1) is 0 Å². The molecule has 30 heavy (non-hydrogen) atoms. The Morgan fingerprint density at radius 1 is 1.17 bits per heavy atom. The van der Waals surface area contributed by atoms with E-state index >= 15 is 0 Å². The number of anilines is 1. The van der Waals surface area contributed by atoms with E-state index in [9.17, 15) is 4.79 Å². The topological polar surface area (TPSA) is 83.0 Å². The predicted molar refractivity (Wildman–Crippen MR) is 120 cm³/mol. The Hall–Kier alpha value is -3.12. The van der Waals surface area contributed by atoms with Gasteiger partial charge in [0.1, 0.15) is 11.3 Å². The van der Waals surface area contributed by atoms with Crippen LogP contribution in [0.2, 0.25) is 5.02 Å². The number of fused-ring (bicyclic) bond motifs is 3. The molecule has 2 aromatic carbocycles. The summed E-state index contributed by atoms with van der Waals surface area (Å²) in [6.45, 7) is 2.80. The van der Waals surface area contributed by atoms with Crippen LogP contribution < -0.4 is 5.73 Å². The van der Waals surface area contributed by atoms with E-state index in [4.69, 9.17) is 27.1 Å². The molecule has 0 fully saturated rings. The van der Waals surface area contributed by atoms with E-state index in [0.717, 1.165) is 41.6 Å². The smallest absolute Gasteiger partial charge is 0.337 e. The average molecular weight is 423 g/mol. The number of halogens is 1. The van der Waals surface area contributed by atoms with Crippen molar-refractivity contribution >= 4 is 45.3 Å². The van der Waals surface area contributed by atoms with E-state index in [1.54, 1.807) is 12.1 Å². The summed E-state index contributed by atoms with van der Waals surface area (Å²) < 4.78 is 7.04. The zero-order chi connectivity index (χ0) is 21.3. The van der Waals surface area contributed by atoms with Crippen molar-refractivity contribution in [2.24, 2.45) is 0 Å². The summed E-state index contributed by atoms with van der Waals surface area (Å²) >= 11 is 6.06. The van der Waals surface area contributed by atoms with Crippen LogP contribution in [0.25, 0.3) is 21.9 Å². The van der Waals surface area contributed by atoms with Crippen LogP contribution in [0.1, 0.15) is 41.5 Å². The van der Waals surface area contributed by atoms with Gasteiger partial charge in [0, 0.05) is 23.4 Å². The molecule has 0 saturated carbocycles. The standard InChI is InChI=1S/C23H23ClN4O2/c1-3-4-5-19-27-20-21(28(19)13-14-6-9-16(24)10-7-14)17-11-8-15(23(29)30-2)12-18(17)26-22(20)25/h6-12H,3-5,13H2,1-2H3,(H2,25,26). The van der Waals surface area contributed by atoms with Crippen LogP contribution in [0.5, 0.6) is 0 Å². The van der Waals surface area contributed by atoms with Crippen molar-refractivity contribution in [2.45, 2.75) is 32.7 Å². The van der Waals surface area contributed by atoms with Crippen LogP contribution >= 0.6 is 11.6 Å². The lowest BCUT2D eigenvalue weighted by Crippen LogP contribution is -2.06. The number of unbranched alkanes of at least 4 members (excludes halogenated alkanes) is 1. The molecule has 0 spiro atoms. The van der Waals surface area contributed by atoms with Gasteiger partial charge in [-0.1, -0.05) is 37.1 Å². The van der Waals surface area contributed by atoms with Crippen LogP contribution in [0.3, 0.4) is 0 Å². The van der Waals surface area contributed by atoms with Crippen molar-refractivity contribution in [2.75, 3.05) is 12.8 Å². The molecule has 154 valence electrons. The maximum absolute atomic E-state index is 12.0. The molecule has 4 rings (SSSR count). The first-order valence-corrected chi connectivity index (χ1v) is 10.3. The number of rotatable bonds is 6. The molecular weight excluding hydrogens is 400 g/mol. The summed E-state index contributed by atoms with van der Waals surface area (Å²) in [5, 5.41) is 1.60. The van der Waals surface area contributed by atoms with Crippen molar-refractivity contribution in [1.29, 1.82) is 0 Å². The molecule has 0 aliphatic heterocycles. The number of carbonyl (C=O) groups excluding carboxylic acids is 1. The average Bonchev–Trinajstić information content (AvgIpc) is 3.12. The first kappa shape index (κ1) is 20.2. The Balaban J connectivity index is 1.94. The number of imidazole rings is 1. The second-order valence-corrected chi connectivity index (χ2v) is 7.70. The minimum absolute atomic E-state index is 0.354. The van der Waals surface area contributed by atoms with Gasteiger partial charge in [0.25, 0.3) is 0 Å². The van der Waals surface area contributed by atoms with Crippen molar-refractivity contribution < 1.29 is 9.53 Å². The van der Waals surface area contributed by atoms with E-state index in [1.807, 2.05) is 30.3 Å². The maximum Gasteiger partial charge on any atom is 0.337 e. The van der Waals surface area contributed by atoms with Gasteiger partial charge >= 0.3 is 5.97 Å². The minimum atomic E-state index is -0.407. The van der Waals surface area contributed by atoms with Gasteiger partial charge in [0.15, 0.2) is 5.82 Å². The summed E-state index contributed by atoms with van der Waals surface area (Å²) in [4.78, 5) is 21.3. The fraction of sp³-hybridized carbons (Fsp3) is 0.261. The molecule has 4 aromatic rings. The molecule has 0 saturated heterocycles. The van der Waals surface area contributed by atoms with Gasteiger partial charge in [-0.3, -0.25) is 0 Å². The van der Waals surface area contributed by atoms with Crippen LogP contribution in [0.15, 0.2) is 42.5 Å². The van der Waals surface area contributed by atoms with Crippen LogP contribution in [-0.2, 0) is 17.7 Å². The zero-order valence-corrected chi connectivity index (χ0v) is 17.7. The number of nitrogens with two attached hydrogens (primary N) is 1. The van der Waals surface area contributed by atoms with Crippen molar-refractivity contribution in [3.63, 3.8) is 0 Å². The molecule has 0 unspecified atom stereocenters. The minimum Gasteiger partial charge on any atom is -0.465 e. The maximum atomic E-state index is 12.0. The van der Waals surface area contributed by atoms with E-state index in [-0.39, 0.29) is 0 Å². The van der Waals surface area contributed by atoms with Gasteiger partial charge in [-0.2, -0.15) is 0 Å². The number of hydrogen-bond acceptors (Lipinski definition) is 5. The summed E-state index contributed by atoms with van der Waals surface area (Å²) in [6.07, 6.45) is 2.95. The molecule has 0 radical (unpaired) electrons. The van der Waals surface area contributed by atoms with Gasteiger partial charge < -0.3 is 15.0 Å². The highest BCUT2D eigenvalue weighted by atomic mass is 35.5. The number of nitrogens with zero attached hydrogens (tertiary/aromatic N) is 3. The molecule has 0 bridgehead atoms. The van der Waals surface area contributed by atoms with Crippen molar-refractivity contribution in [1.82, 2.24) is 14.5 Å². The normalized spacial score (nSPS) is 11.3. The fourth-order valence-electron chi connectivity index (χ4n) is 3.67. The highest BCUT2D eigenvalue weighted by molar-refractivity contribution is 6.30. The molecule has 7 heteroatoms. The number of hydrogen-bond donors (Lipinski definition) is 1. The molecule has 6 nitrogen and oxygen atoms in total. The van der Waals surface area contributed by atoms with Crippen LogP contribution in [-0.4, -0.2) is 27.6 Å². The Morgan fingerprint density at radius 3 is 2.63 bits per heavy atom. The molecule has 0 amide bonds. The van der Waals surface area contributed by atoms with Crippen LogP contribution in [0.4, 0.5) is 5.82 Å². The monoisotopic (exact) mass is 422 g/mol. The molecule has 0 aliphatic carbocycles. The number of carbonyl (C=O) groups is 1. The van der Waals surface area contributed by atoms with Gasteiger partial charge in [-0.25, -0.2) is 14.8 Å². The third kappa shape index (κ3) is 3.71. The number of ether oxygens (including phenoxy) is 1. The highest BCUT2D eigenvalue weighted by Crippen LogP contribution is 2.31. The number of pyridine rings is 1. The molecule has 0 atom stereocenters. The number of nitrogen functional groups attached to an aromatic ring is 1. The molecular formula is C23H23ClN4O2. The van der Waals surface area contributed by atoms with Gasteiger partial charge in [0.2, 0.25) is 0 Å². The first-order valence-electron chi connectivity index (χ1n) is 9.93. The van der Waals surface area contributed by atoms with E-state index in [1.165, 1.54) is 7.11 Å². The third-order valence-corrected chi connectivity index (χ3v) is 5.46. The lowest BCUT2D eigenvalue weighted by atomic mass is 10.1. The molecule has 2 heterocycles. The molecule has 2 aromatic heterocycles. The summed E-state index contributed by atoms with van der Waals surface area (Å²) in [5.74, 6) is 0.919.